The van der Waals surface area contributed by atoms with Crippen molar-refractivity contribution in [2.45, 2.75) is 40.2 Å². The molecular weight excluding hydrogens is 374 g/mol. The van der Waals surface area contributed by atoms with Crippen LogP contribution in [0, 0.1) is 20.8 Å². The van der Waals surface area contributed by atoms with E-state index in [4.69, 9.17) is 4.74 Å². The second-order valence-electron chi connectivity index (χ2n) is 6.97. The maximum Gasteiger partial charge on any atom is 0.347 e. The SMILES string of the molecule is CCN(CC)CCOC(=O)C(O)(c1ccccc1)c1cc(C)c(C)c(C)c1.Cl. The molecule has 0 aliphatic carbocycles. The molecule has 0 aliphatic heterocycles. The van der Waals surface area contributed by atoms with Crippen LogP contribution in [0.4, 0.5) is 0 Å². The molecule has 28 heavy (non-hydrogen) atoms. The molecule has 0 aliphatic rings. The van der Waals surface area contributed by atoms with Crippen LogP contribution in [0.3, 0.4) is 0 Å². The molecule has 1 unspecified atom stereocenters. The van der Waals surface area contributed by atoms with E-state index in [1.807, 2.05) is 51.1 Å². The Bertz CT molecular complexity index is 752. The van der Waals surface area contributed by atoms with Crippen LogP contribution in [-0.2, 0) is 15.1 Å². The largest absolute Gasteiger partial charge is 0.462 e. The zero-order chi connectivity index (χ0) is 20.0. The summed E-state index contributed by atoms with van der Waals surface area (Å²) in [4.78, 5) is 15.2. The number of carbonyl (C=O) groups excluding carboxylic acids is 1. The molecule has 0 radical (unpaired) electrons. The molecule has 2 rings (SSSR count). The van der Waals surface area contributed by atoms with E-state index in [1.54, 1.807) is 12.1 Å². The topological polar surface area (TPSA) is 49.8 Å². The molecule has 154 valence electrons. The van der Waals surface area contributed by atoms with Gasteiger partial charge in [-0.05, 0) is 61.7 Å². The lowest BCUT2D eigenvalue weighted by Crippen LogP contribution is -2.40. The van der Waals surface area contributed by atoms with Crippen molar-refractivity contribution in [2.24, 2.45) is 0 Å². The van der Waals surface area contributed by atoms with Gasteiger partial charge in [-0.1, -0.05) is 56.3 Å². The average Bonchev–Trinajstić information content (AvgIpc) is 2.68. The molecule has 0 saturated carbocycles. The van der Waals surface area contributed by atoms with E-state index >= 15 is 0 Å². The molecule has 0 fully saturated rings. The van der Waals surface area contributed by atoms with Gasteiger partial charge in [0.1, 0.15) is 6.61 Å². The van der Waals surface area contributed by atoms with Crippen molar-refractivity contribution in [3.63, 3.8) is 0 Å². The highest BCUT2D eigenvalue weighted by molar-refractivity contribution is 5.86. The highest BCUT2D eigenvalue weighted by Crippen LogP contribution is 2.33. The van der Waals surface area contributed by atoms with Gasteiger partial charge in [-0.3, -0.25) is 0 Å². The Labute approximate surface area is 174 Å². The van der Waals surface area contributed by atoms with Crippen molar-refractivity contribution in [3.05, 3.63) is 70.3 Å². The maximum atomic E-state index is 13.0. The van der Waals surface area contributed by atoms with E-state index in [9.17, 15) is 9.90 Å². The highest BCUT2D eigenvalue weighted by atomic mass is 35.5. The molecule has 5 heteroatoms. The fourth-order valence-corrected chi connectivity index (χ4v) is 3.24. The van der Waals surface area contributed by atoms with E-state index in [0.29, 0.717) is 17.7 Å². The minimum Gasteiger partial charge on any atom is -0.462 e. The molecule has 2 aromatic rings. The lowest BCUT2D eigenvalue weighted by Gasteiger charge is -2.29. The van der Waals surface area contributed by atoms with Crippen LogP contribution in [0.15, 0.2) is 42.5 Å². The first-order chi connectivity index (χ1) is 12.8. The van der Waals surface area contributed by atoms with Gasteiger partial charge in [0.25, 0.3) is 0 Å². The summed E-state index contributed by atoms with van der Waals surface area (Å²) >= 11 is 0. The summed E-state index contributed by atoms with van der Waals surface area (Å²) in [6.45, 7) is 12.9. The van der Waals surface area contributed by atoms with Crippen molar-refractivity contribution in [3.8, 4) is 0 Å². The number of hydrogen-bond acceptors (Lipinski definition) is 4. The molecule has 0 spiro atoms. The first-order valence-corrected chi connectivity index (χ1v) is 9.60. The Balaban J connectivity index is 0.00000392. The van der Waals surface area contributed by atoms with Crippen LogP contribution in [0.5, 0.6) is 0 Å². The van der Waals surface area contributed by atoms with Crippen molar-refractivity contribution >= 4 is 18.4 Å². The zero-order valence-electron chi connectivity index (χ0n) is 17.5. The van der Waals surface area contributed by atoms with Gasteiger partial charge in [-0.25, -0.2) is 4.79 Å². The van der Waals surface area contributed by atoms with Gasteiger partial charge in [0.2, 0.25) is 5.60 Å². The summed E-state index contributed by atoms with van der Waals surface area (Å²) in [7, 11) is 0. The summed E-state index contributed by atoms with van der Waals surface area (Å²) < 4.78 is 5.53. The molecule has 0 aromatic heterocycles. The van der Waals surface area contributed by atoms with Crippen LogP contribution < -0.4 is 0 Å². The first-order valence-electron chi connectivity index (χ1n) is 9.60. The zero-order valence-corrected chi connectivity index (χ0v) is 18.3. The number of benzene rings is 2. The third-order valence-corrected chi connectivity index (χ3v) is 5.37. The van der Waals surface area contributed by atoms with E-state index in [1.165, 1.54) is 0 Å². The van der Waals surface area contributed by atoms with Crippen molar-refractivity contribution in [2.75, 3.05) is 26.2 Å². The molecule has 0 bridgehead atoms. The fourth-order valence-electron chi connectivity index (χ4n) is 3.24. The minimum atomic E-state index is -1.83. The van der Waals surface area contributed by atoms with Crippen molar-refractivity contribution in [1.82, 2.24) is 4.90 Å². The molecule has 0 heterocycles. The number of rotatable bonds is 8. The number of esters is 1. The van der Waals surface area contributed by atoms with Gasteiger partial charge in [-0.15, -0.1) is 12.4 Å². The van der Waals surface area contributed by atoms with Crippen LogP contribution in [0.2, 0.25) is 0 Å². The number of hydrogen-bond donors (Lipinski definition) is 1. The minimum absolute atomic E-state index is 0. The van der Waals surface area contributed by atoms with Crippen LogP contribution in [0.1, 0.15) is 41.7 Å². The number of ether oxygens (including phenoxy) is 1. The summed E-state index contributed by atoms with van der Waals surface area (Å²) in [6.07, 6.45) is 0. The summed E-state index contributed by atoms with van der Waals surface area (Å²) in [5.74, 6) is -0.636. The number of aryl methyl sites for hydroxylation is 2. The lowest BCUT2D eigenvalue weighted by atomic mass is 9.84. The molecule has 1 atom stereocenters. The fraction of sp³-hybridized carbons (Fsp3) is 0.435. The Morgan fingerprint density at radius 3 is 2.04 bits per heavy atom. The third kappa shape index (κ3) is 5.13. The summed E-state index contributed by atoms with van der Waals surface area (Å²) in [5.41, 5.74) is 2.46. The van der Waals surface area contributed by atoms with E-state index in [2.05, 4.69) is 18.7 Å². The van der Waals surface area contributed by atoms with Crippen LogP contribution in [-0.4, -0.2) is 42.2 Å². The Morgan fingerprint density at radius 1 is 1.00 bits per heavy atom. The van der Waals surface area contributed by atoms with Crippen molar-refractivity contribution < 1.29 is 14.6 Å². The summed E-state index contributed by atoms with van der Waals surface area (Å²) in [6, 6.07) is 12.8. The molecule has 4 nitrogen and oxygen atoms in total. The van der Waals surface area contributed by atoms with Gasteiger partial charge in [0.05, 0.1) is 0 Å². The number of likely N-dealkylation sites (N-methyl/N-ethyl adjacent to an activating group) is 1. The highest BCUT2D eigenvalue weighted by Gasteiger charge is 2.42. The second kappa shape index (κ2) is 10.6. The van der Waals surface area contributed by atoms with Crippen LogP contribution >= 0.6 is 12.4 Å². The lowest BCUT2D eigenvalue weighted by molar-refractivity contribution is -0.162. The number of carbonyl (C=O) groups is 1. The van der Waals surface area contributed by atoms with Gasteiger partial charge < -0.3 is 14.7 Å². The smallest absolute Gasteiger partial charge is 0.347 e. The molecule has 1 N–H and O–H groups in total. The van der Waals surface area contributed by atoms with E-state index in [-0.39, 0.29) is 19.0 Å². The van der Waals surface area contributed by atoms with Crippen LogP contribution in [0.25, 0.3) is 0 Å². The molecule has 0 saturated heterocycles. The van der Waals surface area contributed by atoms with Crippen molar-refractivity contribution in [1.29, 1.82) is 0 Å². The van der Waals surface area contributed by atoms with Gasteiger partial charge in [0, 0.05) is 6.54 Å². The second-order valence-corrected chi connectivity index (χ2v) is 6.97. The quantitative estimate of drug-likeness (QED) is 0.670. The van der Waals surface area contributed by atoms with E-state index < -0.39 is 11.6 Å². The summed E-state index contributed by atoms with van der Waals surface area (Å²) in [5, 5.41) is 11.6. The van der Waals surface area contributed by atoms with E-state index in [0.717, 1.165) is 29.8 Å². The number of halogens is 1. The van der Waals surface area contributed by atoms with Gasteiger partial charge >= 0.3 is 5.97 Å². The standard InChI is InChI=1S/C23H31NO3.ClH/c1-6-24(7-2)13-14-27-22(25)23(26,20-11-9-8-10-12-20)21-15-17(3)19(5)18(4)16-21;/h8-12,15-16,26H,6-7,13-14H2,1-5H3;1H. The first kappa shape index (κ1) is 24.2. The number of nitrogens with zero attached hydrogens (tertiary/aromatic N) is 1. The molecular formula is C23H32ClNO3. The Morgan fingerprint density at radius 2 is 1.54 bits per heavy atom. The molecule has 2 aromatic carbocycles. The average molecular weight is 406 g/mol. The monoisotopic (exact) mass is 405 g/mol. The van der Waals surface area contributed by atoms with Gasteiger partial charge in [0.15, 0.2) is 0 Å². The predicted molar refractivity (Wildman–Crippen MR) is 116 cm³/mol. The predicted octanol–water partition coefficient (Wildman–Crippen LogP) is 4.15. The van der Waals surface area contributed by atoms with Gasteiger partial charge in [-0.2, -0.15) is 0 Å². The third-order valence-electron chi connectivity index (χ3n) is 5.37. The Kier molecular flexibility index (Phi) is 9.15. The normalized spacial score (nSPS) is 13.0. The molecule has 0 amide bonds. The Hall–Kier alpha value is -1.88. The number of aliphatic hydroxyl groups is 1. The maximum absolute atomic E-state index is 13.0.